The molecule has 4 nitrogen and oxygen atoms in total. The van der Waals surface area contributed by atoms with Gasteiger partial charge in [-0.3, -0.25) is 4.79 Å². The summed E-state index contributed by atoms with van der Waals surface area (Å²) in [7, 11) is 4.10. The molecule has 0 spiro atoms. The molecule has 0 fully saturated rings. The number of hydrogen-bond acceptors (Lipinski definition) is 3. The summed E-state index contributed by atoms with van der Waals surface area (Å²) < 4.78 is 0. The molecule has 2 N–H and O–H groups in total. The van der Waals surface area contributed by atoms with Crippen LogP contribution in [0.25, 0.3) is 0 Å². The lowest BCUT2D eigenvalue weighted by Crippen LogP contribution is -2.36. The monoisotopic (exact) mass is 263 g/mol. The number of carbonyl (C=O) groups excluding carboxylic acids is 1. The molecule has 1 atom stereocenters. The molecule has 1 aromatic rings. The number of benzene rings is 1. The number of aryl methyl sites for hydroxylation is 1. The van der Waals surface area contributed by atoms with E-state index in [1.165, 1.54) is 5.56 Å². The maximum absolute atomic E-state index is 11.8. The lowest BCUT2D eigenvalue weighted by atomic mass is 10.2. The van der Waals surface area contributed by atoms with Gasteiger partial charge in [-0.05, 0) is 53.0 Å². The van der Waals surface area contributed by atoms with Gasteiger partial charge in [0.25, 0.3) is 0 Å². The Balaban J connectivity index is 2.26. The predicted octanol–water partition coefficient (Wildman–Crippen LogP) is 1.86. The highest BCUT2D eigenvalue weighted by Crippen LogP contribution is 2.07. The molecule has 0 aliphatic carbocycles. The average molecular weight is 263 g/mol. The van der Waals surface area contributed by atoms with Crippen molar-refractivity contribution in [2.45, 2.75) is 26.3 Å². The van der Waals surface area contributed by atoms with Crippen molar-refractivity contribution in [1.82, 2.24) is 10.2 Å². The molecular formula is C15H25N3O. The van der Waals surface area contributed by atoms with E-state index in [1.807, 2.05) is 31.2 Å². The molecule has 0 aliphatic heterocycles. The van der Waals surface area contributed by atoms with E-state index in [0.717, 1.165) is 18.7 Å². The van der Waals surface area contributed by atoms with Crippen molar-refractivity contribution in [2.75, 3.05) is 32.5 Å². The van der Waals surface area contributed by atoms with Crippen molar-refractivity contribution < 1.29 is 4.79 Å². The lowest BCUT2D eigenvalue weighted by Gasteiger charge is -2.16. The van der Waals surface area contributed by atoms with E-state index in [9.17, 15) is 4.79 Å². The van der Waals surface area contributed by atoms with E-state index in [4.69, 9.17) is 0 Å². The fourth-order valence-electron chi connectivity index (χ4n) is 1.66. The third-order valence-corrected chi connectivity index (χ3v) is 2.96. The first kappa shape index (κ1) is 15.7. The Hall–Kier alpha value is -1.39. The molecule has 0 saturated carbocycles. The summed E-state index contributed by atoms with van der Waals surface area (Å²) in [6, 6.07) is 8.16. The summed E-state index contributed by atoms with van der Waals surface area (Å²) in [4.78, 5) is 13.9. The van der Waals surface area contributed by atoms with Crippen molar-refractivity contribution in [2.24, 2.45) is 0 Å². The molecule has 106 valence electrons. The summed E-state index contributed by atoms with van der Waals surface area (Å²) in [5, 5.41) is 6.11. The maximum Gasteiger partial charge on any atom is 0.238 e. The molecule has 0 heterocycles. The first-order valence-corrected chi connectivity index (χ1v) is 6.72. The molecule has 1 rings (SSSR count). The van der Waals surface area contributed by atoms with Crippen LogP contribution in [0.5, 0.6) is 0 Å². The Morgan fingerprint density at radius 1 is 1.26 bits per heavy atom. The van der Waals surface area contributed by atoms with E-state index >= 15 is 0 Å². The van der Waals surface area contributed by atoms with Crippen molar-refractivity contribution in [3.8, 4) is 0 Å². The van der Waals surface area contributed by atoms with Crippen LogP contribution in [0, 0.1) is 6.92 Å². The van der Waals surface area contributed by atoms with Crippen molar-refractivity contribution >= 4 is 11.6 Å². The highest BCUT2D eigenvalue weighted by molar-refractivity contribution is 5.92. The van der Waals surface area contributed by atoms with Crippen molar-refractivity contribution in [3.05, 3.63) is 29.8 Å². The second-order valence-corrected chi connectivity index (χ2v) is 5.29. The predicted molar refractivity (Wildman–Crippen MR) is 80.4 cm³/mol. The maximum atomic E-state index is 11.8. The summed E-state index contributed by atoms with van der Waals surface area (Å²) in [6.07, 6.45) is 1.03. The van der Waals surface area contributed by atoms with Gasteiger partial charge < -0.3 is 15.5 Å². The fraction of sp³-hybridized carbons (Fsp3) is 0.533. The Morgan fingerprint density at radius 3 is 2.47 bits per heavy atom. The number of rotatable bonds is 7. The zero-order chi connectivity index (χ0) is 14.3. The minimum atomic E-state index is 0.000515. The number of nitrogens with one attached hydrogen (secondary N) is 2. The minimum absolute atomic E-state index is 0.000515. The van der Waals surface area contributed by atoms with Gasteiger partial charge >= 0.3 is 0 Å². The zero-order valence-corrected chi connectivity index (χ0v) is 12.4. The van der Waals surface area contributed by atoms with Gasteiger partial charge in [0.05, 0.1) is 6.54 Å². The summed E-state index contributed by atoms with van der Waals surface area (Å²) in [6.45, 7) is 5.50. The number of anilines is 1. The fourth-order valence-corrected chi connectivity index (χ4v) is 1.66. The topological polar surface area (TPSA) is 44.4 Å². The van der Waals surface area contributed by atoms with Crippen molar-refractivity contribution in [1.29, 1.82) is 0 Å². The average Bonchev–Trinajstić information content (AvgIpc) is 2.36. The Kier molecular flexibility index (Phi) is 6.53. The van der Waals surface area contributed by atoms with Gasteiger partial charge in [-0.1, -0.05) is 17.7 Å². The number of hydrogen-bond donors (Lipinski definition) is 2. The van der Waals surface area contributed by atoms with Crippen LogP contribution in [0.15, 0.2) is 24.3 Å². The molecule has 0 aliphatic rings. The standard InChI is InChI=1S/C15H25N3O/c1-12-5-7-14(8-6-12)17-15(19)11-16-13(2)9-10-18(3)4/h5-8,13,16H,9-11H2,1-4H3,(H,17,19). The number of amides is 1. The Labute approximate surface area is 116 Å². The third kappa shape index (κ3) is 6.94. The van der Waals surface area contributed by atoms with Crippen LogP contribution < -0.4 is 10.6 Å². The van der Waals surface area contributed by atoms with Gasteiger partial charge in [-0.2, -0.15) is 0 Å². The zero-order valence-electron chi connectivity index (χ0n) is 12.4. The minimum Gasteiger partial charge on any atom is -0.325 e. The molecule has 1 amide bonds. The summed E-state index contributed by atoms with van der Waals surface area (Å²) >= 11 is 0. The molecule has 1 unspecified atom stereocenters. The van der Waals surface area contributed by atoms with Crippen LogP contribution in [0.3, 0.4) is 0 Å². The van der Waals surface area contributed by atoms with Crippen LogP contribution in [0.1, 0.15) is 18.9 Å². The van der Waals surface area contributed by atoms with Crippen LogP contribution in [-0.4, -0.2) is 44.0 Å². The second kappa shape index (κ2) is 7.92. The third-order valence-electron chi connectivity index (χ3n) is 2.96. The van der Waals surface area contributed by atoms with Gasteiger partial charge in [0.1, 0.15) is 0 Å². The van der Waals surface area contributed by atoms with E-state index in [0.29, 0.717) is 12.6 Å². The molecule has 0 saturated heterocycles. The molecule has 0 aromatic heterocycles. The second-order valence-electron chi connectivity index (χ2n) is 5.29. The van der Waals surface area contributed by atoms with E-state index in [-0.39, 0.29) is 5.91 Å². The SMILES string of the molecule is Cc1ccc(NC(=O)CNC(C)CCN(C)C)cc1. The summed E-state index contributed by atoms with van der Waals surface area (Å²) in [5.74, 6) is 0.000515. The largest absolute Gasteiger partial charge is 0.325 e. The first-order chi connectivity index (χ1) is 8.97. The Bertz CT molecular complexity index is 387. The smallest absolute Gasteiger partial charge is 0.238 e. The molecule has 1 aromatic carbocycles. The van der Waals surface area contributed by atoms with Gasteiger partial charge in [-0.25, -0.2) is 0 Å². The van der Waals surface area contributed by atoms with Crippen LogP contribution >= 0.6 is 0 Å². The van der Waals surface area contributed by atoms with Crippen LogP contribution in [0.4, 0.5) is 5.69 Å². The summed E-state index contributed by atoms with van der Waals surface area (Å²) in [5.41, 5.74) is 2.03. The number of carbonyl (C=O) groups is 1. The molecule has 19 heavy (non-hydrogen) atoms. The molecule has 0 radical (unpaired) electrons. The molecule has 4 heteroatoms. The Morgan fingerprint density at radius 2 is 1.89 bits per heavy atom. The van der Waals surface area contributed by atoms with Crippen LogP contribution in [-0.2, 0) is 4.79 Å². The van der Waals surface area contributed by atoms with Crippen molar-refractivity contribution in [3.63, 3.8) is 0 Å². The van der Waals surface area contributed by atoms with E-state index < -0.39 is 0 Å². The normalized spacial score (nSPS) is 12.5. The highest BCUT2D eigenvalue weighted by Gasteiger charge is 2.06. The first-order valence-electron chi connectivity index (χ1n) is 6.72. The quantitative estimate of drug-likeness (QED) is 0.789. The van der Waals surface area contributed by atoms with Gasteiger partial charge in [0, 0.05) is 11.7 Å². The van der Waals surface area contributed by atoms with Gasteiger partial charge in [0.2, 0.25) is 5.91 Å². The highest BCUT2D eigenvalue weighted by atomic mass is 16.1. The number of nitrogens with zero attached hydrogens (tertiary/aromatic N) is 1. The van der Waals surface area contributed by atoms with Crippen LogP contribution in [0.2, 0.25) is 0 Å². The van der Waals surface area contributed by atoms with Gasteiger partial charge in [-0.15, -0.1) is 0 Å². The molecular weight excluding hydrogens is 238 g/mol. The molecule has 0 bridgehead atoms. The van der Waals surface area contributed by atoms with E-state index in [1.54, 1.807) is 0 Å². The van der Waals surface area contributed by atoms with Gasteiger partial charge in [0.15, 0.2) is 0 Å². The van der Waals surface area contributed by atoms with E-state index in [2.05, 4.69) is 36.6 Å². The lowest BCUT2D eigenvalue weighted by molar-refractivity contribution is -0.115.